The molecule has 0 aliphatic heterocycles. The predicted octanol–water partition coefficient (Wildman–Crippen LogP) is 3.71. The van der Waals surface area contributed by atoms with Crippen molar-refractivity contribution in [1.29, 1.82) is 0 Å². The molecular weight excluding hydrogens is 344 g/mol. The van der Waals surface area contributed by atoms with Crippen LogP contribution in [-0.4, -0.2) is 11.2 Å². The van der Waals surface area contributed by atoms with Crippen molar-refractivity contribution in [3.05, 3.63) is 101 Å². The Kier molecular flexibility index (Phi) is 5.92. The molecule has 0 aliphatic carbocycles. The molecule has 132 valence electrons. The number of thioether (sulfide) groups is 1. The van der Waals surface area contributed by atoms with E-state index in [-0.39, 0.29) is 11.9 Å². The highest BCUT2D eigenvalue weighted by Gasteiger charge is 2.23. The highest BCUT2D eigenvalue weighted by molar-refractivity contribution is 8.00. The van der Waals surface area contributed by atoms with E-state index in [1.807, 2.05) is 60.7 Å². The van der Waals surface area contributed by atoms with Crippen molar-refractivity contribution < 1.29 is 9.52 Å². The molecule has 1 heterocycles. The molecule has 5 heteroatoms. The van der Waals surface area contributed by atoms with Crippen LogP contribution in [0.3, 0.4) is 0 Å². The zero-order valence-electron chi connectivity index (χ0n) is 14.4. The van der Waals surface area contributed by atoms with Crippen LogP contribution in [0, 0.1) is 5.21 Å². The molecular formula is C21H20N2O2S. The van der Waals surface area contributed by atoms with Crippen molar-refractivity contribution in [1.82, 2.24) is 5.32 Å². The van der Waals surface area contributed by atoms with E-state index in [9.17, 15) is 10.0 Å². The Bertz CT molecular complexity index is 817. The molecule has 0 fully saturated rings. The van der Waals surface area contributed by atoms with Crippen LogP contribution in [0.2, 0.25) is 0 Å². The normalized spacial score (nSPS) is 11.9. The summed E-state index contributed by atoms with van der Waals surface area (Å²) in [4.78, 5) is 12.8. The van der Waals surface area contributed by atoms with Gasteiger partial charge < -0.3 is 10.5 Å². The van der Waals surface area contributed by atoms with Crippen molar-refractivity contribution in [3.8, 4) is 0 Å². The molecule has 1 aromatic heterocycles. The number of aromatic nitrogens is 1. The molecule has 0 bridgehead atoms. The Morgan fingerprint density at radius 2 is 1.46 bits per heavy atom. The van der Waals surface area contributed by atoms with Gasteiger partial charge in [0.2, 0.25) is 5.91 Å². The van der Waals surface area contributed by atoms with Gasteiger partial charge in [0.1, 0.15) is 0 Å². The van der Waals surface area contributed by atoms with Gasteiger partial charge >= 0.3 is 0 Å². The standard InChI is InChI=1S/C21H20N2O2S/c1-16(26-19-14-8-9-15-23(19)25)21(24)22-20(17-10-4-2-5-11-17)18-12-6-3-7-13-18/h2-16,20H,1H3,(H,22,24). The Hall–Kier alpha value is -2.79. The molecule has 1 amide bonds. The average molecular weight is 364 g/mol. The number of carbonyl (C=O) groups excluding carboxylic acids is 1. The quantitative estimate of drug-likeness (QED) is 0.412. The first kappa shape index (κ1) is 18.0. The largest absolute Gasteiger partial charge is 0.618 e. The van der Waals surface area contributed by atoms with E-state index in [1.54, 1.807) is 25.1 Å². The molecule has 4 nitrogen and oxygen atoms in total. The van der Waals surface area contributed by atoms with Crippen LogP contribution < -0.4 is 10.0 Å². The highest BCUT2D eigenvalue weighted by atomic mass is 32.2. The lowest BCUT2D eigenvalue weighted by Gasteiger charge is -2.21. The summed E-state index contributed by atoms with van der Waals surface area (Å²) in [6.07, 6.45) is 1.43. The van der Waals surface area contributed by atoms with Crippen LogP contribution in [0.5, 0.6) is 0 Å². The number of carbonyl (C=O) groups is 1. The monoisotopic (exact) mass is 364 g/mol. The summed E-state index contributed by atoms with van der Waals surface area (Å²) < 4.78 is 0.778. The molecule has 2 aromatic carbocycles. The summed E-state index contributed by atoms with van der Waals surface area (Å²) in [5.41, 5.74) is 2.03. The van der Waals surface area contributed by atoms with Gasteiger partial charge in [-0.3, -0.25) is 4.79 Å². The molecule has 0 radical (unpaired) electrons. The predicted molar refractivity (Wildman–Crippen MR) is 104 cm³/mol. The van der Waals surface area contributed by atoms with Gasteiger partial charge in [-0.05, 0) is 35.9 Å². The van der Waals surface area contributed by atoms with Gasteiger partial charge in [-0.2, -0.15) is 4.73 Å². The first-order chi connectivity index (χ1) is 12.6. The fraction of sp³-hybridized carbons (Fsp3) is 0.143. The fourth-order valence-corrected chi connectivity index (χ4v) is 3.51. The van der Waals surface area contributed by atoms with Crippen LogP contribution in [0.15, 0.2) is 90.1 Å². The number of rotatable bonds is 6. The second kappa shape index (κ2) is 8.54. The third-order valence-corrected chi connectivity index (χ3v) is 5.13. The van der Waals surface area contributed by atoms with E-state index in [2.05, 4.69) is 5.32 Å². The Morgan fingerprint density at radius 1 is 0.923 bits per heavy atom. The van der Waals surface area contributed by atoms with E-state index in [4.69, 9.17) is 0 Å². The molecule has 1 N–H and O–H groups in total. The molecule has 1 unspecified atom stereocenters. The number of nitrogens with one attached hydrogen (secondary N) is 1. The number of nitrogens with zero attached hydrogens (tertiary/aromatic N) is 1. The summed E-state index contributed by atoms with van der Waals surface area (Å²) in [7, 11) is 0. The van der Waals surface area contributed by atoms with Crippen molar-refractivity contribution in [2.45, 2.75) is 23.2 Å². The highest BCUT2D eigenvalue weighted by Crippen LogP contribution is 2.24. The van der Waals surface area contributed by atoms with Crippen LogP contribution >= 0.6 is 11.8 Å². The minimum atomic E-state index is -0.396. The van der Waals surface area contributed by atoms with E-state index in [1.165, 1.54) is 18.0 Å². The first-order valence-electron chi connectivity index (χ1n) is 8.40. The van der Waals surface area contributed by atoms with Gasteiger partial charge in [0.05, 0.1) is 11.3 Å². The summed E-state index contributed by atoms with van der Waals surface area (Å²) >= 11 is 1.25. The van der Waals surface area contributed by atoms with Gasteiger partial charge in [-0.1, -0.05) is 60.7 Å². The van der Waals surface area contributed by atoms with Gasteiger partial charge in [0.15, 0.2) is 6.20 Å². The van der Waals surface area contributed by atoms with Crippen molar-refractivity contribution in [2.24, 2.45) is 0 Å². The maximum atomic E-state index is 12.8. The van der Waals surface area contributed by atoms with E-state index >= 15 is 0 Å². The third-order valence-electron chi connectivity index (χ3n) is 4.01. The van der Waals surface area contributed by atoms with Crippen LogP contribution in [0.1, 0.15) is 24.1 Å². The summed E-state index contributed by atoms with van der Waals surface area (Å²) in [5.74, 6) is -0.114. The minimum Gasteiger partial charge on any atom is -0.618 e. The Labute approximate surface area is 157 Å². The minimum absolute atomic E-state index is 0.114. The number of pyridine rings is 1. The zero-order chi connectivity index (χ0) is 18.4. The summed E-state index contributed by atoms with van der Waals surface area (Å²) in [6, 6.07) is 24.7. The number of hydrogen-bond donors (Lipinski definition) is 1. The molecule has 1 atom stereocenters. The Balaban J connectivity index is 1.78. The van der Waals surface area contributed by atoms with Crippen LogP contribution in [-0.2, 0) is 4.79 Å². The smallest absolute Gasteiger partial charge is 0.252 e. The van der Waals surface area contributed by atoms with Crippen LogP contribution in [0.4, 0.5) is 0 Å². The Morgan fingerprint density at radius 3 is 2.00 bits per heavy atom. The summed E-state index contributed by atoms with van der Waals surface area (Å²) in [5, 5.41) is 15.0. The molecule has 0 aliphatic rings. The molecule has 0 spiro atoms. The number of benzene rings is 2. The van der Waals surface area contributed by atoms with Crippen molar-refractivity contribution >= 4 is 17.7 Å². The van der Waals surface area contributed by atoms with E-state index in [0.717, 1.165) is 15.9 Å². The second-order valence-corrected chi connectivity index (χ2v) is 7.25. The van der Waals surface area contributed by atoms with Gasteiger partial charge in [-0.25, -0.2) is 0 Å². The molecule has 26 heavy (non-hydrogen) atoms. The molecule has 0 saturated heterocycles. The van der Waals surface area contributed by atoms with Crippen molar-refractivity contribution in [3.63, 3.8) is 0 Å². The molecule has 3 aromatic rings. The van der Waals surface area contributed by atoms with E-state index < -0.39 is 5.25 Å². The lowest BCUT2D eigenvalue weighted by Crippen LogP contribution is -2.36. The van der Waals surface area contributed by atoms with E-state index in [0.29, 0.717) is 5.03 Å². The fourth-order valence-electron chi connectivity index (χ4n) is 2.65. The lowest BCUT2D eigenvalue weighted by molar-refractivity contribution is -0.645. The van der Waals surface area contributed by atoms with Gasteiger partial charge in [-0.15, -0.1) is 0 Å². The number of amides is 1. The third kappa shape index (κ3) is 4.43. The summed E-state index contributed by atoms with van der Waals surface area (Å²) in [6.45, 7) is 1.81. The van der Waals surface area contributed by atoms with Gasteiger partial charge in [0.25, 0.3) is 5.03 Å². The SMILES string of the molecule is CC(Sc1cccc[n+]1[O-])C(=O)NC(c1ccccc1)c1ccccc1. The average Bonchev–Trinajstić information content (AvgIpc) is 2.69. The first-order valence-corrected chi connectivity index (χ1v) is 9.28. The topological polar surface area (TPSA) is 56.0 Å². The van der Waals surface area contributed by atoms with Crippen molar-refractivity contribution in [2.75, 3.05) is 0 Å². The van der Waals surface area contributed by atoms with Gasteiger partial charge in [0, 0.05) is 12.1 Å². The number of hydrogen-bond acceptors (Lipinski definition) is 3. The zero-order valence-corrected chi connectivity index (χ0v) is 15.2. The maximum Gasteiger partial charge on any atom is 0.252 e. The molecule has 3 rings (SSSR count). The van der Waals surface area contributed by atoms with Crippen LogP contribution in [0.25, 0.3) is 0 Å². The molecule has 0 saturated carbocycles. The maximum absolute atomic E-state index is 12.8. The lowest BCUT2D eigenvalue weighted by atomic mass is 9.98. The second-order valence-electron chi connectivity index (χ2n) is 5.89.